The molecular weight excluding hydrogens is 155 g/mol. The number of hydrogen-bond acceptors (Lipinski definition) is 1. The molecule has 0 aliphatic carbocycles. The maximum absolute atomic E-state index is 11.9. The fourth-order valence-electron chi connectivity index (χ4n) is 0.574. The summed E-state index contributed by atoms with van der Waals surface area (Å²) in [5.41, 5.74) is 4.52. The largest absolute Gasteiger partial charge is 0.416 e. The molecule has 0 rings (SSSR count). The number of allylic oxidation sites excluding steroid dienone is 4. The summed E-state index contributed by atoms with van der Waals surface area (Å²) < 4.78 is 35.7. The zero-order valence-corrected chi connectivity index (χ0v) is 6.37. The second-order valence-corrected chi connectivity index (χ2v) is 2.13. The lowest BCUT2D eigenvalue weighted by molar-refractivity contribution is -0.0883. The Morgan fingerprint density at radius 1 is 1.36 bits per heavy atom. The summed E-state index contributed by atoms with van der Waals surface area (Å²) in [6, 6.07) is 0. The minimum absolute atomic E-state index is 0.149. The van der Waals surface area contributed by atoms with Crippen molar-refractivity contribution in [3.05, 3.63) is 23.4 Å². The molecule has 0 aromatic rings. The van der Waals surface area contributed by atoms with Crippen LogP contribution in [0, 0.1) is 0 Å². The van der Waals surface area contributed by atoms with Crippen LogP contribution in [0.2, 0.25) is 0 Å². The highest BCUT2D eigenvalue weighted by atomic mass is 19.4. The first-order valence-corrected chi connectivity index (χ1v) is 3.05. The van der Waals surface area contributed by atoms with Crippen LogP contribution in [0.5, 0.6) is 0 Å². The van der Waals surface area contributed by atoms with E-state index in [0.29, 0.717) is 0 Å². The topological polar surface area (TPSA) is 26.0 Å². The fraction of sp³-hybridized carbons (Fsp3) is 0.429. The number of halogens is 3. The van der Waals surface area contributed by atoms with Crippen molar-refractivity contribution in [3.63, 3.8) is 0 Å². The van der Waals surface area contributed by atoms with Crippen molar-refractivity contribution in [2.24, 2.45) is 5.73 Å². The Morgan fingerprint density at radius 3 is 1.91 bits per heavy atom. The maximum Gasteiger partial charge on any atom is 0.416 e. The molecule has 1 nitrogen and oxygen atoms in total. The quantitative estimate of drug-likeness (QED) is 0.593. The molecule has 0 aromatic heterocycles. The first kappa shape index (κ1) is 10.1. The Labute approximate surface area is 63.4 Å². The number of rotatable bonds is 1. The van der Waals surface area contributed by atoms with E-state index in [0.717, 1.165) is 12.2 Å². The van der Waals surface area contributed by atoms with Crippen LogP contribution in [0.15, 0.2) is 23.4 Å². The van der Waals surface area contributed by atoms with Gasteiger partial charge in [-0.15, -0.1) is 0 Å². The van der Waals surface area contributed by atoms with Crippen molar-refractivity contribution in [3.8, 4) is 0 Å². The highest BCUT2D eigenvalue weighted by Gasteiger charge is 2.31. The lowest BCUT2D eigenvalue weighted by atomic mass is 10.2. The summed E-state index contributed by atoms with van der Waals surface area (Å²) in [4.78, 5) is 0. The number of alkyl halides is 3. The van der Waals surface area contributed by atoms with Crippen LogP contribution in [0.4, 0.5) is 13.2 Å². The molecule has 0 fully saturated rings. The summed E-state index contributed by atoms with van der Waals surface area (Å²) in [6.07, 6.45) is -2.41. The summed E-state index contributed by atoms with van der Waals surface area (Å²) in [5.74, 6) is 0. The smallest absolute Gasteiger partial charge is 0.402 e. The molecule has 0 aromatic carbocycles. The average molecular weight is 165 g/mol. The van der Waals surface area contributed by atoms with Gasteiger partial charge in [-0.3, -0.25) is 0 Å². The lowest BCUT2D eigenvalue weighted by Crippen LogP contribution is -2.11. The predicted molar refractivity (Wildman–Crippen MR) is 37.8 cm³/mol. The zero-order chi connectivity index (χ0) is 9.07. The molecule has 2 N–H and O–H groups in total. The Bertz CT molecular complexity index is 184. The van der Waals surface area contributed by atoms with Crippen molar-refractivity contribution in [1.29, 1.82) is 0 Å². The molecule has 0 amide bonds. The van der Waals surface area contributed by atoms with Crippen LogP contribution in [0.25, 0.3) is 0 Å². The summed E-state index contributed by atoms with van der Waals surface area (Å²) in [5, 5.41) is 0. The van der Waals surface area contributed by atoms with Crippen molar-refractivity contribution in [2.45, 2.75) is 20.0 Å². The summed E-state index contributed by atoms with van der Waals surface area (Å²) in [7, 11) is 0. The van der Waals surface area contributed by atoms with E-state index in [4.69, 9.17) is 5.73 Å². The van der Waals surface area contributed by atoms with Crippen molar-refractivity contribution >= 4 is 0 Å². The minimum atomic E-state index is -4.30. The van der Waals surface area contributed by atoms with Gasteiger partial charge < -0.3 is 5.73 Å². The van der Waals surface area contributed by atoms with E-state index in [1.54, 1.807) is 0 Å². The molecule has 4 heteroatoms. The summed E-state index contributed by atoms with van der Waals surface area (Å²) >= 11 is 0. The van der Waals surface area contributed by atoms with Gasteiger partial charge in [0.15, 0.2) is 0 Å². The Balaban J connectivity index is 4.60. The maximum atomic E-state index is 11.9. The molecule has 0 unspecified atom stereocenters. The molecule has 0 bridgehead atoms. The van der Waals surface area contributed by atoms with Gasteiger partial charge in [-0.1, -0.05) is 6.08 Å². The third-order valence-electron chi connectivity index (χ3n) is 1.02. The second-order valence-electron chi connectivity index (χ2n) is 2.13. The lowest BCUT2D eigenvalue weighted by Gasteiger charge is -2.06. The zero-order valence-electron chi connectivity index (χ0n) is 6.37. The monoisotopic (exact) mass is 165 g/mol. The molecule has 11 heavy (non-hydrogen) atoms. The van der Waals surface area contributed by atoms with Crippen molar-refractivity contribution in [1.82, 2.24) is 0 Å². The fourth-order valence-corrected chi connectivity index (χ4v) is 0.574. The van der Waals surface area contributed by atoms with E-state index in [1.807, 2.05) is 0 Å². The van der Waals surface area contributed by atoms with E-state index in [-0.39, 0.29) is 5.70 Å². The van der Waals surface area contributed by atoms with E-state index < -0.39 is 11.7 Å². The highest BCUT2D eigenvalue weighted by molar-refractivity contribution is 5.25. The molecule has 0 aliphatic heterocycles. The van der Waals surface area contributed by atoms with E-state index >= 15 is 0 Å². The van der Waals surface area contributed by atoms with Gasteiger partial charge in [0, 0.05) is 5.70 Å². The van der Waals surface area contributed by atoms with Crippen LogP contribution in [0.1, 0.15) is 13.8 Å². The Hall–Kier alpha value is -0.930. The van der Waals surface area contributed by atoms with Gasteiger partial charge in [-0.25, -0.2) is 0 Å². The van der Waals surface area contributed by atoms with E-state index in [2.05, 4.69) is 0 Å². The molecule has 0 saturated heterocycles. The Morgan fingerprint density at radius 2 is 1.82 bits per heavy atom. The molecule has 0 saturated carbocycles. The number of nitrogens with two attached hydrogens (primary N) is 1. The van der Waals surface area contributed by atoms with Gasteiger partial charge in [0.2, 0.25) is 0 Å². The van der Waals surface area contributed by atoms with Crippen LogP contribution in [-0.4, -0.2) is 6.18 Å². The van der Waals surface area contributed by atoms with Crippen molar-refractivity contribution < 1.29 is 13.2 Å². The predicted octanol–water partition coefficient (Wildman–Crippen LogP) is 2.36. The van der Waals surface area contributed by atoms with Gasteiger partial charge in [0.1, 0.15) is 0 Å². The summed E-state index contributed by atoms with van der Waals surface area (Å²) in [6.45, 7) is 2.73. The SMILES string of the molecule is C/C=C(\C=C(/C)N)C(F)(F)F. The van der Waals surface area contributed by atoms with E-state index in [9.17, 15) is 13.2 Å². The van der Waals surface area contributed by atoms with Gasteiger partial charge >= 0.3 is 6.18 Å². The molecule has 0 radical (unpaired) electrons. The van der Waals surface area contributed by atoms with Crippen molar-refractivity contribution in [2.75, 3.05) is 0 Å². The molecule has 0 heterocycles. The van der Waals surface area contributed by atoms with Gasteiger partial charge in [-0.2, -0.15) is 13.2 Å². The minimum Gasteiger partial charge on any atom is -0.402 e. The number of hydrogen-bond donors (Lipinski definition) is 1. The average Bonchev–Trinajstić information content (AvgIpc) is 1.79. The molecule has 0 aliphatic rings. The first-order chi connectivity index (χ1) is 4.88. The first-order valence-electron chi connectivity index (χ1n) is 3.05. The Kier molecular flexibility index (Phi) is 3.17. The molecule has 0 spiro atoms. The standard InChI is InChI=1S/C7H10F3N/c1-3-6(4-5(2)11)7(8,9)10/h3-4H,11H2,1-2H3/b5-4+,6-3+. The molecular formula is C7H10F3N. The second kappa shape index (κ2) is 3.46. The van der Waals surface area contributed by atoms with E-state index in [1.165, 1.54) is 13.8 Å². The molecule has 64 valence electrons. The third-order valence-corrected chi connectivity index (χ3v) is 1.02. The molecule has 0 atom stereocenters. The van der Waals surface area contributed by atoms with Gasteiger partial charge in [0.05, 0.1) is 5.57 Å². The van der Waals surface area contributed by atoms with Crippen LogP contribution < -0.4 is 5.73 Å². The van der Waals surface area contributed by atoms with Crippen LogP contribution in [-0.2, 0) is 0 Å². The van der Waals surface area contributed by atoms with Crippen LogP contribution >= 0.6 is 0 Å². The third kappa shape index (κ3) is 3.70. The van der Waals surface area contributed by atoms with Gasteiger partial charge in [0.25, 0.3) is 0 Å². The highest BCUT2D eigenvalue weighted by Crippen LogP contribution is 2.26. The van der Waals surface area contributed by atoms with Gasteiger partial charge in [-0.05, 0) is 19.9 Å². The van der Waals surface area contributed by atoms with Crippen LogP contribution in [0.3, 0.4) is 0 Å². The normalized spacial score (nSPS) is 15.4.